The summed E-state index contributed by atoms with van der Waals surface area (Å²) in [5, 5.41) is 4.48. The summed E-state index contributed by atoms with van der Waals surface area (Å²) in [4.78, 5) is 17.2. The van der Waals surface area contributed by atoms with Crippen molar-refractivity contribution in [2.24, 2.45) is 5.92 Å². The molecule has 3 unspecified atom stereocenters. The molecular weight excluding hydrogens is 379 g/mol. The highest BCUT2D eigenvalue weighted by atomic mass is 19.1. The minimum Gasteiger partial charge on any atom is -0.456 e. The van der Waals surface area contributed by atoms with Gasteiger partial charge in [-0.25, -0.2) is 4.39 Å². The lowest BCUT2D eigenvalue weighted by Gasteiger charge is -2.34. The number of rotatable bonds is 6. The molecule has 154 valence electrons. The number of benzene rings is 2. The van der Waals surface area contributed by atoms with Gasteiger partial charge in [-0.15, -0.1) is 6.58 Å². The van der Waals surface area contributed by atoms with Gasteiger partial charge in [0.2, 0.25) is 0 Å². The molecule has 0 amide bonds. The molecule has 1 saturated heterocycles. The van der Waals surface area contributed by atoms with E-state index < -0.39 is 17.9 Å². The molecule has 1 aliphatic rings. The van der Waals surface area contributed by atoms with Crippen LogP contribution in [0.25, 0.3) is 10.9 Å². The molecule has 2 aromatic carbocycles. The third-order valence-electron chi connectivity index (χ3n) is 5.73. The highest BCUT2D eigenvalue weighted by Gasteiger charge is 2.31. The first-order valence-corrected chi connectivity index (χ1v) is 10.3. The summed E-state index contributed by atoms with van der Waals surface area (Å²) < 4.78 is 20.0. The second kappa shape index (κ2) is 9.18. The van der Waals surface area contributed by atoms with Crippen LogP contribution in [0.2, 0.25) is 0 Å². The van der Waals surface area contributed by atoms with E-state index in [2.05, 4.69) is 16.9 Å². The highest BCUT2D eigenvalue weighted by molar-refractivity contribution is 5.83. The number of piperidine rings is 1. The van der Waals surface area contributed by atoms with Crippen LogP contribution in [0.5, 0.6) is 0 Å². The van der Waals surface area contributed by atoms with E-state index in [9.17, 15) is 9.18 Å². The second-order valence-corrected chi connectivity index (χ2v) is 7.68. The maximum atomic E-state index is 14.0. The predicted molar refractivity (Wildman–Crippen MR) is 115 cm³/mol. The number of para-hydroxylation sites is 1. The van der Waals surface area contributed by atoms with Crippen LogP contribution in [-0.2, 0) is 16.0 Å². The Balaban J connectivity index is 1.63. The SMILES string of the molecule is C=CC1CCC(C(OC(=O)Cc2ccccc2F)c2ccnc3ccccc23)NC1. The molecule has 2 heterocycles. The van der Waals surface area contributed by atoms with E-state index in [1.54, 1.807) is 24.4 Å². The van der Waals surface area contributed by atoms with Gasteiger partial charge in [-0.2, -0.15) is 0 Å². The standard InChI is InChI=1S/C25H25FN2O2/c1-2-17-11-12-23(28-16-17)25(20-13-14-27-22-10-6-4-8-19(20)22)30-24(29)15-18-7-3-5-9-21(18)26/h2-10,13-14,17,23,25,28H,1,11-12,15-16H2. The lowest BCUT2D eigenvalue weighted by molar-refractivity contribution is -0.150. The van der Waals surface area contributed by atoms with Crippen molar-refractivity contribution in [3.8, 4) is 0 Å². The average Bonchev–Trinajstić information content (AvgIpc) is 2.79. The Labute approximate surface area is 175 Å². The number of halogens is 1. The van der Waals surface area contributed by atoms with Gasteiger partial charge in [-0.1, -0.05) is 42.5 Å². The van der Waals surface area contributed by atoms with Crippen molar-refractivity contribution in [1.29, 1.82) is 0 Å². The van der Waals surface area contributed by atoms with Crippen molar-refractivity contribution < 1.29 is 13.9 Å². The summed E-state index contributed by atoms with van der Waals surface area (Å²) in [6.07, 6.45) is 4.95. The van der Waals surface area contributed by atoms with Crippen LogP contribution in [0.3, 0.4) is 0 Å². The van der Waals surface area contributed by atoms with Gasteiger partial charge in [-0.3, -0.25) is 9.78 Å². The minimum atomic E-state index is -0.483. The van der Waals surface area contributed by atoms with E-state index in [0.717, 1.165) is 35.9 Å². The molecule has 0 radical (unpaired) electrons. The Kier molecular flexibility index (Phi) is 6.19. The van der Waals surface area contributed by atoms with E-state index in [4.69, 9.17) is 4.74 Å². The smallest absolute Gasteiger partial charge is 0.311 e. The molecule has 5 heteroatoms. The molecule has 0 spiro atoms. The number of nitrogens with one attached hydrogen (secondary N) is 1. The maximum absolute atomic E-state index is 14.0. The van der Waals surface area contributed by atoms with E-state index >= 15 is 0 Å². The van der Waals surface area contributed by atoms with Crippen molar-refractivity contribution in [2.45, 2.75) is 31.4 Å². The fraction of sp³-hybridized carbons (Fsp3) is 0.280. The number of esters is 1. The van der Waals surface area contributed by atoms with Crippen LogP contribution in [0.4, 0.5) is 4.39 Å². The summed E-state index contributed by atoms with van der Waals surface area (Å²) >= 11 is 0. The Morgan fingerprint density at radius 3 is 2.77 bits per heavy atom. The minimum absolute atomic E-state index is 0.0309. The first kappa shape index (κ1) is 20.2. The summed E-state index contributed by atoms with van der Waals surface area (Å²) in [6.45, 7) is 4.68. The first-order valence-electron chi connectivity index (χ1n) is 10.3. The molecule has 1 fully saturated rings. The van der Waals surface area contributed by atoms with Gasteiger partial charge in [0, 0.05) is 29.7 Å². The molecule has 1 N–H and O–H groups in total. The Bertz CT molecular complexity index is 1040. The molecule has 0 saturated carbocycles. The zero-order chi connectivity index (χ0) is 20.9. The number of hydrogen-bond donors (Lipinski definition) is 1. The molecule has 3 atom stereocenters. The van der Waals surface area contributed by atoms with E-state index in [0.29, 0.717) is 11.5 Å². The Hall–Kier alpha value is -3.05. The number of carbonyl (C=O) groups excluding carboxylic acids is 1. The quantitative estimate of drug-likeness (QED) is 0.476. The summed E-state index contributed by atoms with van der Waals surface area (Å²) in [6, 6.07) is 16.0. The first-order chi connectivity index (χ1) is 14.7. The number of carbonyl (C=O) groups is 1. The van der Waals surface area contributed by atoms with Crippen LogP contribution >= 0.6 is 0 Å². The van der Waals surface area contributed by atoms with Gasteiger partial charge in [0.25, 0.3) is 0 Å². The Morgan fingerprint density at radius 1 is 1.20 bits per heavy atom. The number of aromatic nitrogens is 1. The van der Waals surface area contributed by atoms with E-state index in [-0.39, 0.29) is 12.5 Å². The molecular formula is C25H25FN2O2. The number of ether oxygens (including phenoxy) is 1. The topological polar surface area (TPSA) is 51.2 Å². The van der Waals surface area contributed by atoms with Gasteiger partial charge in [0.1, 0.15) is 11.9 Å². The van der Waals surface area contributed by atoms with Gasteiger partial charge >= 0.3 is 5.97 Å². The zero-order valence-corrected chi connectivity index (χ0v) is 16.8. The molecule has 0 aliphatic carbocycles. The number of hydrogen-bond acceptors (Lipinski definition) is 4. The summed E-state index contributed by atoms with van der Waals surface area (Å²) in [7, 11) is 0. The van der Waals surface area contributed by atoms with Gasteiger partial charge in [0.05, 0.1) is 11.9 Å². The lowest BCUT2D eigenvalue weighted by Crippen LogP contribution is -2.43. The number of fused-ring (bicyclic) bond motifs is 1. The molecule has 1 aliphatic heterocycles. The maximum Gasteiger partial charge on any atom is 0.311 e. The Morgan fingerprint density at radius 2 is 2.00 bits per heavy atom. The number of nitrogens with zero attached hydrogens (tertiary/aromatic N) is 1. The molecule has 4 rings (SSSR count). The molecule has 1 aromatic heterocycles. The summed E-state index contributed by atoms with van der Waals surface area (Å²) in [5.41, 5.74) is 2.10. The second-order valence-electron chi connectivity index (χ2n) is 7.68. The van der Waals surface area contributed by atoms with E-state index in [1.807, 2.05) is 36.4 Å². The van der Waals surface area contributed by atoms with Crippen LogP contribution in [0, 0.1) is 11.7 Å². The average molecular weight is 404 g/mol. The highest BCUT2D eigenvalue weighted by Crippen LogP contribution is 2.32. The summed E-state index contributed by atoms with van der Waals surface area (Å²) in [5.74, 6) is -0.436. The largest absolute Gasteiger partial charge is 0.456 e. The van der Waals surface area contributed by atoms with Crippen molar-refractivity contribution in [3.63, 3.8) is 0 Å². The fourth-order valence-electron chi connectivity index (χ4n) is 4.07. The molecule has 30 heavy (non-hydrogen) atoms. The van der Waals surface area contributed by atoms with Gasteiger partial charge < -0.3 is 10.1 Å². The number of pyridine rings is 1. The monoisotopic (exact) mass is 404 g/mol. The van der Waals surface area contributed by atoms with Gasteiger partial charge in [0.15, 0.2) is 0 Å². The van der Waals surface area contributed by atoms with Crippen LogP contribution < -0.4 is 5.32 Å². The van der Waals surface area contributed by atoms with Crippen molar-refractivity contribution in [3.05, 3.63) is 90.4 Å². The fourth-order valence-corrected chi connectivity index (χ4v) is 4.07. The normalized spacial score (nSPS) is 19.9. The third-order valence-corrected chi connectivity index (χ3v) is 5.73. The third kappa shape index (κ3) is 4.41. The van der Waals surface area contributed by atoms with Crippen molar-refractivity contribution in [2.75, 3.05) is 6.54 Å². The molecule has 3 aromatic rings. The predicted octanol–water partition coefficient (Wildman–Crippen LogP) is 4.76. The van der Waals surface area contributed by atoms with Crippen LogP contribution in [0.1, 0.15) is 30.1 Å². The lowest BCUT2D eigenvalue weighted by atomic mass is 9.88. The van der Waals surface area contributed by atoms with Crippen molar-refractivity contribution in [1.82, 2.24) is 10.3 Å². The van der Waals surface area contributed by atoms with Crippen molar-refractivity contribution >= 4 is 16.9 Å². The van der Waals surface area contributed by atoms with Crippen LogP contribution in [0.15, 0.2) is 73.4 Å². The van der Waals surface area contributed by atoms with Crippen LogP contribution in [-0.4, -0.2) is 23.5 Å². The molecule has 4 nitrogen and oxygen atoms in total. The zero-order valence-electron chi connectivity index (χ0n) is 16.8. The van der Waals surface area contributed by atoms with Gasteiger partial charge in [-0.05, 0) is 42.5 Å². The molecule has 0 bridgehead atoms. The van der Waals surface area contributed by atoms with E-state index in [1.165, 1.54) is 6.07 Å².